The van der Waals surface area contributed by atoms with Gasteiger partial charge in [-0.2, -0.15) is 0 Å². The Kier molecular flexibility index (Phi) is 1.66. The normalized spacial score (nSPS) is 23.2. The molecule has 0 bridgehead atoms. The van der Waals surface area contributed by atoms with Gasteiger partial charge in [-0.05, 0) is 12.8 Å². The fourth-order valence-electron chi connectivity index (χ4n) is 1.70. The number of aliphatic hydroxyl groups is 1. The summed E-state index contributed by atoms with van der Waals surface area (Å²) in [5.41, 5.74) is 1.19. The summed E-state index contributed by atoms with van der Waals surface area (Å²) in [5.74, 6) is 0.325. The van der Waals surface area contributed by atoms with Crippen LogP contribution in [0.2, 0.25) is 0 Å². The second-order valence-electron chi connectivity index (χ2n) is 3.03. The van der Waals surface area contributed by atoms with Crippen LogP contribution in [0.15, 0.2) is 12.5 Å². The highest BCUT2D eigenvalue weighted by Crippen LogP contribution is 2.25. The molecule has 0 aromatic carbocycles. The van der Waals surface area contributed by atoms with Gasteiger partial charge in [0, 0.05) is 24.4 Å². The third kappa shape index (κ3) is 1.05. The average Bonchev–Trinajstić information content (AvgIpc) is 2.50. The van der Waals surface area contributed by atoms with Crippen LogP contribution in [0.3, 0.4) is 0 Å². The van der Waals surface area contributed by atoms with Crippen LogP contribution in [0.25, 0.3) is 0 Å². The topological polar surface area (TPSA) is 38.0 Å². The van der Waals surface area contributed by atoms with Gasteiger partial charge in [0.15, 0.2) is 0 Å². The van der Waals surface area contributed by atoms with Crippen molar-refractivity contribution in [1.82, 2.24) is 9.55 Å². The van der Waals surface area contributed by atoms with Crippen LogP contribution in [0.5, 0.6) is 0 Å². The summed E-state index contributed by atoms with van der Waals surface area (Å²) in [6.07, 6.45) is 5.97. The molecule has 2 rings (SSSR count). The molecule has 0 amide bonds. The molecule has 1 aromatic heterocycles. The number of hydrogen-bond donors (Lipinski definition) is 1. The Morgan fingerprint density at radius 2 is 2.64 bits per heavy atom. The molecule has 3 heteroatoms. The summed E-state index contributed by atoms with van der Waals surface area (Å²) in [6.45, 7) is 1.32. The van der Waals surface area contributed by atoms with E-state index < -0.39 is 0 Å². The molecule has 0 radical (unpaired) electrons. The molecule has 0 fully saturated rings. The monoisotopic (exact) mass is 152 g/mol. The number of fused-ring (bicyclic) bond motifs is 1. The summed E-state index contributed by atoms with van der Waals surface area (Å²) in [6, 6.07) is 0. The average molecular weight is 152 g/mol. The summed E-state index contributed by atoms with van der Waals surface area (Å²) in [4.78, 5) is 4.05. The predicted octanol–water partition coefficient (Wildman–Crippen LogP) is 0.753. The first-order valence-electron chi connectivity index (χ1n) is 4.02. The van der Waals surface area contributed by atoms with E-state index in [9.17, 15) is 0 Å². The highest BCUT2D eigenvalue weighted by molar-refractivity contribution is 5.08. The number of hydrogen-bond acceptors (Lipinski definition) is 2. The Bertz CT molecular complexity index is 244. The molecule has 0 aliphatic carbocycles. The number of rotatable bonds is 1. The molecule has 11 heavy (non-hydrogen) atoms. The van der Waals surface area contributed by atoms with Crippen molar-refractivity contribution in [3.63, 3.8) is 0 Å². The lowest BCUT2D eigenvalue weighted by atomic mass is 9.98. The van der Waals surface area contributed by atoms with Gasteiger partial charge < -0.3 is 9.67 Å². The smallest absolute Gasteiger partial charge is 0.0948 e. The molecule has 1 atom stereocenters. The minimum Gasteiger partial charge on any atom is -0.396 e. The molecule has 1 aromatic rings. The summed E-state index contributed by atoms with van der Waals surface area (Å²) in [5, 5.41) is 9.02. The molecule has 3 nitrogen and oxygen atoms in total. The maximum Gasteiger partial charge on any atom is 0.0948 e. The Labute approximate surface area is 65.7 Å². The standard InChI is InChI=1S/C8H12N2O/c11-5-7-2-1-3-10-6-9-4-8(7)10/h4,6-7,11H,1-3,5H2. The quantitative estimate of drug-likeness (QED) is 0.645. The first-order valence-corrected chi connectivity index (χ1v) is 4.02. The van der Waals surface area contributed by atoms with Gasteiger partial charge in [0.25, 0.3) is 0 Å². The van der Waals surface area contributed by atoms with E-state index in [4.69, 9.17) is 5.11 Å². The number of imidazole rings is 1. The first kappa shape index (κ1) is 6.85. The van der Waals surface area contributed by atoms with Gasteiger partial charge in [-0.1, -0.05) is 0 Å². The van der Waals surface area contributed by atoms with E-state index in [2.05, 4.69) is 9.55 Å². The van der Waals surface area contributed by atoms with Gasteiger partial charge in [0.1, 0.15) is 0 Å². The largest absolute Gasteiger partial charge is 0.396 e. The van der Waals surface area contributed by atoms with Crippen LogP contribution in [0.4, 0.5) is 0 Å². The fourth-order valence-corrected chi connectivity index (χ4v) is 1.70. The molecule has 2 heterocycles. The highest BCUT2D eigenvalue weighted by Gasteiger charge is 2.18. The third-order valence-corrected chi connectivity index (χ3v) is 2.33. The van der Waals surface area contributed by atoms with Crippen molar-refractivity contribution in [2.75, 3.05) is 6.61 Å². The van der Waals surface area contributed by atoms with Crippen molar-refractivity contribution in [3.8, 4) is 0 Å². The predicted molar refractivity (Wildman–Crippen MR) is 41.3 cm³/mol. The number of nitrogens with zero attached hydrogens (tertiary/aromatic N) is 2. The Morgan fingerprint density at radius 1 is 1.73 bits per heavy atom. The Morgan fingerprint density at radius 3 is 3.45 bits per heavy atom. The minimum atomic E-state index is 0.256. The van der Waals surface area contributed by atoms with E-state index >= 15 is 0 Å². The van der Waals surface area contributed by atoms with Crippen LogP contribution >= 0.6 is 0 Å². The van der Waals surface area contributed by atoms with Crippen molar-refractivity contribution >= 4 is 0 Å². The molecule has 60 valence electrons. The van der Waals surface area contributed by atoms with Crippen molar-refractivity contribution in [1.29, 1.82) is 0 Å². The maximum atomic E-state index is 9.02. The van der Waals surface area contributed by atoms with E-state index in [0.717, 1.165) is 19.4 Å². The lowest BCUT2D eigenvalue weighted by Gasteiger charge is -2.21. The second kappa shape index (κ2) is 2.66. The van der Waals surface area contributed by atoms with Crippen molar-refractivity contribution in [2.24, 2.45) is 0 Å². The van der Waals surface area contributed by atoms with E-state index in [1.54, 1.807) is 0 Å². The second-order valence-corrected chi connectivity index (χ2v) is 3.03. The van der Waals surface area contributed by atoms with Gasteiger partial charge in [0.2, 0.25) is 0 Å². The molecule has 1 unspecified atom stereocenters. The number of aliphatic hydroxyl groups excluding tert-OH is 1. The molecule has 0 saturated heterocycles. The van der Waals surface area contributed by atoms with Crippen LogP contribution < -0.4 is 0 Å². The summed E-state index contributed by atoms with van der Waals surface area (Å²) >= 11 is 0. The van der Waals surface area contributed by atoms with Crippen LogP contribution in [0, 0.1) is 0 Å². The van der Waals surface area contributed by atoms with Crippen LogP contribution in [-0.2, 0) is 6.54 Å². The molecule has 0 saturated carbocycles. The van der Waals surface area contributed by atoms with Crippen LogP contribution in [0.1, 0.15) is 24.5 Å². The SMILES string of the molecule is OCC1CCCn2cncc21. The molecular formula is C8H12N2O. The molecule has 1 N–H and O–H groups in total. The van der Waals surface area contributed by atoms with Gasteiger partial charge >= 0.3 is 0 Å². The third-order valence-electron chi connectivity index (χ3n) is 2.33. The van der Waals surface area contributed by atoms with Gasteiger partial charge in [-0.25, -0.2) is 4.98 Å². The van der Waals surface area contributed by atoms with Gasteiger partial charge in [-0.15, -0.1) is 0 Å². The zero-order valence-electron chi connectivity index (χ0n) is 6.40. The fraction of sp³-hybridized carbons (Fsp3) is 0.625. The molecule has 1 aliphatic heterocycles. The van der Waals surface area contributed by atoms with E-state index in [1.807, 2.05) is 12.5 Å². The van der Waals surface area contributed by atoms with Gasteiger partial charge in [-0.3, -0.25) is 0 Å². The molecule has 0 spiro atoms. The lowest BCUT2D eigenvalue weighted by Crippen LogP contribution is -2.16. The highest BCUT2D eigenvalue weighted by atomic mass is 16.3. The molecule has 1 aliphatic rings. The van der Waals surface area contributed by atoms with Crippen molar-refractivity contribution in [2.45, 2.75) is 25.3 Å². The zero-order chi connectivity index (χ0) is 7.68. The van der Waals surface area contributed by atoms with E-state index in [1.165, 1.54) is 5.69 Å². The van der Waals surface area contributed by atoms with Crippen molar-refractivity contribution in [3.05, 3.63) is 18.2 Å². The number of aromatic nitrogens is 2. The van der Waals surface area contributed by atoms with Crippen molar-refractivity contribution < 1.29 is 5.11 Å². The van der Waals surface area contributed by atoms with Gasteiger partial charge in [0.05, 0.1) is 12.9 Å². The number of aryl methyl sites for hydroxylation is 1. The van der Waals surface area contributed by atoms with Crippen LogP contribution in [-0.4, -0.2) is 21.3 Å². The molecular weight excluding hydrogens is 140 g/mol. The maximum absolute atomic E-state index is 9.02. The Balaban J connectivity index is 2.32. The summed E-state index contributed by atoms with van der Waals surface area (Å²) in [7, 11) is 0. The van der Waals surface area contributed by atoms with E-state index in [-0.39, 0.29) is 6.61 Å². The minimum absolute atomic E-state index is 0.256. The first-order chi connectivity index (χ1) is 5.42. The Hall–Kier alpha value is -0.830. The summed E-state index contributed by atoms with van der Waals surface area (Å²) < 4.78 is 2.13. The lowest BCUT2D eigenvalue weighted by molar-refractivity contribution is 0.241. The zero-order valence-corrected chi connectivity index (χ0v) is 6.40. The van der Waals surface area contributed by atoms with E-state index in [0.29, 0.717) is 5.92 Å².